The molecule has 136 valence electrons. The van der Waals surface area contributed by atoms with E-state index in [9.17, 15) is 14.4 Å². The second-order valence-corrected chi connectivity index (χ2v) is 6.23. The lowest BCUT2D eigenvalue weighted by molar-refractivity contribution is -0.154. The molecule has 0 bridgehead atoms. The first kappa shape index (κ1) is 18.8. The molecule has 1 heterocycles. The number of likely N-dealkylation sites (tertiary alicyclic amines) is 1. The molecule has 2 amide bonds. The number of amides is 2. The molecule has 0 saturated carbocycles. The largest absolute Gasteiger partial charge is 0.482 e. The molecule has 0 aromatic heterocycles. The first-order chi connectivity index (χ1) is 11.9. The Morgan fingerprint density at radius 3 is 2.72 bits per heavy atom. The topological polar surface area (TPSA) is 98.9 Å². The molecule has 1 aliphatic heterocycles. The van der Waals surface area contributed by atoms with E-state index in [-0.39, 0.29) is 31.6 Å². The Balaban J connectivity index is 1.76. The molecule has 0 aliphatic carbocycles. The quantitative estimate of drug-likeness (QED) is 0.772. The fourth-order valence-electron chi connectivity index (χ4n) is 2.73. The van der Waals surface area contributed by atoms with Crippen molar-refractivity contribution >= 4 is 17.8 Å². The summed E-state index contributed by atoms with van der Waals surface area (Å²) in [6.45, 7) is 4.06. The van der Waals surface area contributed by atoms with Crippen LogP contribution in [0.5, 0.6) is 5.75 Å². The van der Waals surface area contributed by atoms with Crippen molar-refractivity contribution in [2.75, 3.05) is 26.3 Å². The monoisotopic (exact) mass is 348 g/mol. The van der Waals surface area contributed by atoms with Crippen molar-refractivity contribution in [3.05, 3.63) is 29.3 Å². The highest BCUT2D eigenvalue weighted by atomic mass is 16.6. The Labute approximate surface area is 147 Å². The van der Waals surface area contributed by atoms with Crippen LogP contribution in [-0.2, 0) is 19.1 Å². The summed E-state index contributed by atoms with van der Waals surface area (Å²) in [6, 6.07) is 5.58. The molecule has 1 saturated heterocycles. The Bertz CT molecular complexity index is 659. The maximum absolute atomic E-state index is 12.1. The van der Waals surface area contributed by atoms with Crippen LogP contribution in [0.4, 0.5) is 0 Å². The number of carbonyl (C=O) groups is 3. The van der Waals surface area contributed by atoms with Gasteiger partial charge in [0.2, 0.25) is 5.91 Å². The van der Waals surface area contributed by atoms with Gasteiger partial charge in [-0.15, -0.1) is 0 Å². The summed E-state index contributed by atoms with van der Waals surface area (Å²) in [7, 11) is 0. The highest BCUT2D eigenvalue weighted by molar-refractivity contribution is 5.82. The van der Waals surface area contributed by atoms with Gasteiger partial charge in [0.1, 0.15) is 5.75 Å². The van der Waals surface area contributed by atoms with Crippen molar-refractivity contribution in [1.82, 2.24) is 4.90 Å². The average Bonchev–Trinajstić information content (AvgIpc) is 2.61. The van der Waals surface area contributed by atoms with Gasteiger partial charge in [0.05, 0.1) is 5.92 Å². The van der Waals surface area contributed by atoms with Crippen molar-refractivity contribution in [2.24, 2.45) is 11.7 Å². The summed E-state index contributed by atoms with van der Waals surface area (Å²) in [5.74, 6) is -1.06. The molecule has 2 N–H and O–H groups in total. The minimum Gasteiger partial charge on any atom is -0.482 e. The van der Waals surface area contributed by atoms with Crippen LogP contribution in [-0.4, -0.2) is 49.0 Å². The number of hydrogen-bond donors (Lipinski definition) is 1. The van der Waals surface area contributed by atoms with Gasteiger partial charge in [-0.2, -0.15) is 0 Å². The Hall–Kier alpha value is -2.57. The zero-order valence-electron chi connectivity index (χ0n) is 14.6. The Morgan fingerprint density at radius 2 is 2.00 bits per heavy atom. The van der Waals surface area contributed by atoms with E-state index in [1.54, 1.807) is 6.07 Å². The predicted molar refractivity (Wildman–Crippen MR) is 90.9 cm³/mol. The number of aryl methyl sites for hydroxylation is 1. The fraction of sp³-hybridized carbons (Fsp3) is 0.500. The summed E-state index contributed by atoms with van der Waals surface area (Å²) < 4.78 is 10.4. The first-order valence-corrected chi connectivity index (χ1v) is 8.30. The number of ether oxygens (including phenoxy) is 2. The lowest BCUT2D eigenvalue weighted by Crippen LogP contribution is -2.45. The first-order valence-electron chi connectivity index (χ1n) is 8.30. The molecule has 1 atom stereocenters. The number of primary amides is 1. The molecule has 0 unspecified atom stereocenters. The van der Waals surface area contributed by atoms with Crippen molar-refractivity contribution in [3.8, 4) is 5.75 Å². The highest BCUT2D eigenvalue weighted by Gasteiger charge is 2.27. The van der Waals surface area contributed by atoms with E-state index >= 15 is 0 Å². The van der Waals surface area contributed by atoms with Crippen LogP contribution < -0.4 is 10.5 Å². The molecule has 2 rings (SSSR count). The fourth-order valence-corrected chi connectivity index (χ4v) is 2.73. The number of benzene rings is 1. The van der Waals surface area contributed by atoms with Crippen LogP contribution in [0, 0.1) is 19.8 Å². The van der Waals surface area contributed by atoms with Gasteiger partial charge in [0.15, 0.2) is 13.2 Å². The number of rotatable bonds is 6. The molecular weight excluding hydrogens is 324 g/mol. The van der Waals surface area contributed by atoms with E-state index in [1.165, 1.54) is 4.90 Å². The summed E-state index contributed by atoms with van der Waals surface area (Å²) in [5.41, 5.74) is 7.31. The lowest BCUT2D eigenvalue weighted by atomic mass is 9.97. The molecule has 0 spiro atoms. The molecule has 7 nitrogen and oxygen atoms in total. The SMILES string of the molecule is Cc1cccc(OCC(=O)OCC(=O)N2CCC[C@H](C(N)=O)C2)c1C. The van der Waals surface area contributed by atoms with Gasteiger partial charge in [-0.25, -0.2) is 4.79 Å². The number of nitrogens with zero attached hydrogens (tertiary/aromatic N) is 1. The van der Waals surface area contributed by atoms with Gasteiger partial charge >= 0.3 is 5.97 Å². The zero-order valence-corrected chi connectivity index (χ0v) is 14.6. The van der Waals surface area contributed by atoms with E-state index in [1.807, 2.05) is 26.0 Å². The van der Waals surface area contributed by atoms with Crippen LogP contribution >= 0.6 is 0 Å². The molecule has 1 fully saturated rings. The molecule has 25 heavy (non-hydrogen) atoms. The van der Waals surface area contributed by atoms with Gasteiger partial charge in [-0.05, 0) is 43.9 Å². The summed E-state index contributed by atoms with van der Waals surface area (Å²) >= 11 is 0. The smallest absolute Gasteiger partial charge is 0.344 e. The van der Waals surface area contributed by atoms with E-state index < -0.39 is 11.9 Å². The van der Waals surface area contributed by atoms with E-state index in [2.05, 4.69) is 0 Å². The Kier molecular flexibility index (Phi) is 6.38. The van der Waals surface area contributed by atoms with E-state index in [4.69, 9.17) is 15.2 Å². The van der Waals surface area contributed by atoms with Crippen LogP contribution in [0.15, 0.2) is 18.2 Å². The van der Waals surface area contributed by atoms with Crippen LogP contribution in [0.2, 0.25) is 0 Å². The maximum atomic E-state index is 12.1. The molecule has 1 aromatic rings. The second-order valence-electron chi connectivity index (χ2n) is 6.23. The second kappa shape index (κ2) is 8.50. The van der Waals surface area contributed by atoms with Crippen LogP contribution in [0.3, 0.4) is 0 Å². The number of esters is 1. The van der Waals surface area contributed by atoms with Crippen molar-refractivity contribution in [2.45, 2.75) is 26.7 Å². The minimum atomic E-state index is -0.613. The molecule has 0 radical (unpaired) electrons. The third-order valence-corrected chi connectivity index (χ3v) is 4.43. The van der Waals surface area contributed by atoms with Gasteiger partial charge < -0.3 is 20.1 Å². The van der Waals surface area contributed by atoms with Gasteiger partial charge in [0.25, 0.3) is 5.91 Å². The van der Waals surface area contributed by atoms with Crippen LogP contribution in [0.25, 0.3) is 0 Å². The Morgan fingerprint density at radius 1 is 1.24 bits per heavy atom. The summed E-state index contributed by atoms with van der Waals surface area (Å²) in [6.07, 6.45) is 1.39. The molecule has 1 aliphatic rings. The number of carbonyl (C=O) groups excluding carboxylic acids is 3. The number of nitrogens with two attached hydrogens (primary N) is 1. The van der Waals surface area contributed by atoms with Gasteiger partial charge in [0, 0.05) is 13.1 Å². The van der Waals surface area contributed by atoms with Crippen molar-refractivity contribution in [3.63, 3.8) is 0 Å². The van der Waals surface area contributed by atoms with Crippen molar-refractivity contribution < 1.29 is 23.9 Å². The van der Waals surface area contributed by atoms with Crippen molar-refractivity contribution in [1.29, 1.82) is 0 Å². The van der Waals surface area contributed by atoms with Gasteiger partial charge in [-0.1, -0.05) is 12.1 Å². The molecule has 7 heteroatoms. The van der Waals surface area contributed by atoms with E-state index in [0.717, 1.165) is 11.1 Å². The van der Waals surface area contributed by atoms with E-state index in [0.29, 0.717) is 25.1 Å². The predicted octanol–water partition coefficient (Wildman–Crippen LogP) is 0.949. The average molecular weight is 348 g/mol. The number of piperidine rings is 1. The van der Waals surface area contributed by atoms with Crippen LogP contribution in [0.1, 0.15) is 24.0 Å². The molecular formula is C18H24N2O5. The van der Waals surface area contributed by atoms with Gasteiger partial charge in [-0.3, -0.25) is 9.59 Å². The summed E-state index contributed by atoms with van der Waals surface area (Å²) in [5, 5.41) is 0. The third-order valence-electron chi connectivity index (χ3n) is 4.43. The normalized spacial score (nSPS) is 17.0. The standard InChI is InChI=1S/C18H24N2O5/c1-12-5-3-7-15(13(12)2)24-11-17(22)25-10-16(21)20-8-4-6-14(9-20)18(19)23/h3,5,7,14H,4,6,8-11H2,1-2H3,(H2,19,23)/t14-/m0/s1. The lowest BCUT2D eigenvalue weighted by Gasteiger charge is -2.31. The number of hydrogen-bond acceptors (Lipinski definition) is 5. The molecule has 1 aromatic carbocycles. The third kappa shape index (κ3) is 5.20. The zero-order chi connectivity index (χ0) is 18.4. The highest BCUT2D eigenvalue weighted by Crippen LogP contribution is 2.20. The maximum Gasteiger partial charge on any atom is 0.344 e. The minimum absolute atomic E-state index is 0.262. The summed E-state index contributed by atoms with van der Waals surface area (Å²) in [4.78, 5) is 36.6.